The van der Waals surface area contributed by atoms with E-state index in [2.05, 4.69) is 32.4 Å². The number of nitrogens with zero attached hydrogens (tertiary/aromatic N) is 5. The fraction of sp³-hybridized carbons (Fsp3) is 0.208. The lowest BCUT2D eigenvalue weighted by molar-refractivity contribution is 0.0955. The largest absolute Gasteiger partial charge is 0.496 e. The minimum atomic E-state index is -0.349. The van der Waals surface area contributed by atoms with Gasteiger partial charge >= 0.3 is 0 Å². The molecule has 34 heavy (non-hydrogen) atoms. The van der Waals surface area contributed by atoms with Gasteiger partial charge in [0.1, 0.15) is 17.8 Å². The van der Waals surface area contributed by atoms with Gasteiger partial charge in [0.05, 0.1) is 19.7 Å². The lowest BCUT2D eigenvalue weighted by atomic mass is 10.2. The van der Waals surface area contributed by atoms with Gasteiger partial charge < -0.3 is 14.0 Å². The van der Waals surface area contributed by atoms with Gasteiger partial charge in [0, 0.05) is 28.8 Å². The number of fused-ring (bicyclic) bond motifs is 1. The number of hydrogen-bond donors (Lipinski definition) is 1. The van der Waals surface area contributed by atoms with Crippen molar-refractivity contribution in [3.8, 4) is 17.4 Å². The molecule has 1 N–H and O–H groups in total. The molecule has 174 valence electrons. The zero-order valence-corrected chi connectivity index (χ0v) is 19.5. The van der Waals surface area contributed by atoms with E-state index in [1.165, 1.54) is 12.5 Å². The highest BCUT2D eigenvalue weighted by Crippen LogP contribution is 2.29. The number of aromatic nitrogens is 4. The van der Waals surface area contributed by atoms with Gasteiger partial charge in [-0.2, -0.15) is 10.1 Å². The number of ether oxygens (including phenoxy) is 2. The molecule has 10 heteroatoms. The number of carbonyl (C=O) groups excluding carboxylic acids is 1. The number of hydrazone groups is 1. The van der Waals surface area contributed by atoms with Crippen molar-refractivity contribution in [3.05, 3.63) is 71.3 Å². The van der Waals surface area contributed by atoms with Crippen molar-refractivity contribution in [2.45, 2.75) is 26.3 Å². The number of rotatable bonds is 9. The standard InChI is InChI=1S/C24H23ClN6O3/c1-3-4-11-31-15-28-21-22(31)26-14-27-24(21)34-19-10-7-17(20(12-19)33-2)13-29-30-23(32)16-5-8-18(25)9-6-16/h5-10,12-15H,3-4,11H2,1-2H3,(H,30,32)/b29-13+. The number of nitrogens with one attached hydrogen (secondary N) is 1. The van der Waals surface area contributed by atoms with Gasteiger partial charge in [-0.25, -0.2) is 15.4 Å². The molecule has 0 aliphatic rings. The van der Waals surface area contributed by atoms with Crippen LogP contribution in [0.15, 0.2) is 60.2 Å². The molecule has 2 aromatic carbocycles. The third-order valence-electron chi connectivity index (χ3n) is 5.02. The number of aryl methyl sites for hydroxylation is 1. The molecule has 0 spiro atoms. The molecule has 2 aromatic heterocycles. The number of imidazole rings is 1. The van der Waals surface area contributed by atoms with Crippen molar-refractivity contribution in [2.75, 3.05) is 7.11 Å². The van der Waals surface area contributed by atoms with Crippen LogP contribution in [0.4, 0.5) is 0 Å². The smallest absolute Gasteiger partial charge is 0.271 e. The zero-order valence-electron chi connectivity index (χ0n) is 18.7. The SMILES string of the molecule is CCCCn1cnc2c(Oc3ccc(/C=N/NC(=O)c4ccc(Cl)cc4)c(OC)c3)ncnc21. The summed E-state index contributed by atoms with van der Waals surface area (Å²) in [5.74, 6) is 1.04. The molecule has 4 rings (SSSR count). The summed E-state index contributed by atoms with van der Waals surface area (Å²) in [6.07, 6.45) is 6.82. The molecule has 0 saturated carbocycles. The molecule has 1 amide bonds. The van der Waals surface area contributed by atoms with Gasteiger partial charge in [-0.1, -0.05) is 24.9 Å². The summed E-state index contributed by atoms with van der Waals surface area (Å²) in [6, 6.07) is 11.8. The Hall–Kier alpha value is -3.98. The summed E-state index contributed by atoms with van der Waals surface area (Å²) in [4.78, 5) is 25.2. The number of unbranched alkanes of at least 4 members (excludes halogenated alkanes) is 1. The lowest BCUT2D eigenvalue weighted by Gasteiger charge is -2.09. The van der Waals surface area contributed by atoms with E-state index in [9.17, 15) is 4.79 Å². The first kappa shape index (κ1) is 23.2. The van der Waals surface area contributed by atoms with Crippen molar-refractivity contribution in [2.24, 2.45) is 5.10 Å². The van der Waals surface area contributed by atoms with Gasteiger partial charge in [0.2, 0.25) is 0 Å². The van der Waals surface area contributed by atoms with Crippen molar-refractivity contribution in [1.29, 1.82) is 0 Å². The molecule has 0 radical (unpaired) electrons. The second-order valence-electron chi connectivity index (χ2n) is 7.35. The Kier molecular flexibility index (Phi) is 7.34. The van der Waals surface area contributed by atoms with Crippen LogP contribution in [0, 0.1) is 0 Å². The van der Waals surface area contributed by atoms with E-state index in [0.717, 1.165) is 25.0 Å². The number of methoxy groups -OCH3 is 1. The predicted molar refractivity (Wildman–Crippen MR) is 130 cm³/mol. The number of benzene rings is 2. The number of carbonyl (C=O) groups is 1. The number of hydrogen-bond acceptors (Lipinski definition) is 7. The quantitative estimate of drug-likeness (QED) is 0.272. The number of amides is 1. The van der Waals surface area contributed by atoms with Crippen molar-refractivity contribution in [1.82, 2.24) is 24.9 Å². The number of halogens is 1. The van der Waals surface area contributed by atoms with Crippen LogP contribution in [0.1, 0.15) is 35.7 Å². The monoisotopic (exact) mass is 478 g/mol. The van der Waals surface area contributed by atoms with Crippen LogP contribution >= 0.6 is 11.6 Å². The first-order valence-corrected chi connectivity index (χ1v) is 11.1. The normalized spacial score (nSPS) is 11.1. The summed E-state index contributed by atoms with van der Waals surface area (Å²) < 4.78 is 13.4. The fourth-order valence-electron chi connectivity index (χ4n) is 3.23. The molecule has 0 aliphatic carbocycles. The van der Waals surface area contributed by atoms with E-state index in [1.54, 1.807) is 55.9 Å². The van der Waals surface area contributed by atoms with Crippen molar-refractivity contribution in [3.63, 3.8) is 0 Å². The first-order chi connectivity index (χ1) is 16.6. The van der Waals surface area contributed by atoms with Gasteiger partial charge in [-0.3, -0.25) is 4.79 Å². The highest BCUT2D eigenvalue weighted by atomic mass is 35.5. The first-order valence-electron chi connectivity index (χ1n) is 10.7. The molecule has 0 aliphatic heterocycles. The third kappa shape index (κ3) is 5.32. The Morgan fingerprint density at radius 1 is 1.18 bits per heavy atom. The molecule has 4 aromatic rings. The van der Waals surface area contributed by atoms with Crippen LogP contribution in [-0.2, 0) is 6.54 Å². The molecule has 0 fully saturated rings. The minimum Gasteiger partial charge on any atom is -0.496 e. The molecule has 9 nitrogen and oxygen atoms in total. The maximum Gasteiger partial charge on any atom is 0.271 e. The summed E-state index contributed by atoms with van der Waals surface area (Å²) in [5.41, 5.74) is 4.91. The summed E-state index contributed by atoms with van der Waals surface area (Å²) in [5, 5.41) is 4.57. The highest BCUT2D eigenvalue weighted by Gasteiger charge is 2.13. The van der Waals surface area contributed by atoms with Crippen molar-refractivity contribution < 1.29 is 14.3 Å². The Labute approximate surface area is 201 Å². The summed E-state index contributed by atoms with van der Waals surface area (Å²) in [6.45, 7) is 2.97. The molecule has 2 heterocycles. The zero-order chi connectivity index (χ0) is 23.9. The molecule has 0 bridgehead atoms. The highest BCUT2D eigenvalue weighted by molar-refractivity contribution is 6.30. The Bertz CT molecular complexity index is 1320. The molecule has 0 unspecified atom stereocenters. The second kappa shape index (κ2) is 10.8. The van der Waals surface area contributed by atoms with Gasteiger partial charge in [-0.15, -0.1) is 0 Å². The topological polar surface area (TPSA) is 104 Å². The van der Waals surface area contributed by atoms with Crippen LogP contribution in [0.25, 0.3) is 11.2 Å². The van der Waals surface area contributed by atoms with E-state index in [-0.39, 0.29) is 5.91 Å². The molecular weight excluding hydrogens is 456 g/mol. The van der Waals surface area contributed by atoms with Crippen LogP contribution in [0.5, 0.6) is 17.4 Å². The van der Waals surface area contributed by atoms with E-state index in [0.29, 0.717) is 39.0 Å². The van der Waals surface area contributed by atoms with E-state index < -0.39 is 0 Å². The lowest BCUT2D eigenvalue weighted by Crippen LogP contribution is -2.17. The summed E-state index contributed by atoms with van der Waals surface area (Å²) >= 11 is 5.85. The Balaban J connectivity index is 1.48. The maximum atomic E-state index is 12.2. The average molecular weight is 479 g/mol. The van der Waals surface area contributed by atoms with E-state index >= 15 is 0 Å². The fourth-order valence-corrected chi connectivity index (χ4v) is 3.35. The molecular formula is C24H23ClN6O3. The third-order valence-corrected chi connectivity index (χ3v) is 5.27. The molecule has 0 saturated heterocycles. The van der Waals surface area contributed by atoms with Crippen molar-refractivity contribution >= 4 is 34.9 Å². The van der Waals surface area contributed by atoms with Gasteiger partial charge in [-0.05, 0) is 42.8 Å². The average Bonchev–Trinajstić information content (AvgIpc) is 3.27. The van der Waals surface area contributed by atoms with Crippen LogP contribution in [0.2, 0.25) is 5.02 Å². The van der Waals surface area contributed by atoms with Crippen LogP contribution < -0.4 is 14.9 Å². The minimum absolute atomic E-state index is 0.349. The Morgan fingerprint density at radius 2 is 2.00 bits per heavy atom. The second-order valence-corrected chi connectivity index (χ2v) is 7.79. The van der Waals surface area contributed by atoms with Gasteiger partial charge in [0.15, 0.2) is 11.2 Å². The van der Waals surface area contributed by atoms with Crippen LogP contribution in [0.3, 0.4) is 0 Å². The van der Waals surface area contributed by atoms with E-state index in [1.807, 2.05) is 4.57 Å². The maximum absolute atomic E-state index is 12.2. The Morgan fingerprint density at radius 3 is 2.76 bits per heavy atom. The molecule has 0 atom stereocenters. The van der Waals surface area contributed by atoms with Gasteiger partial charge in [0.25, 0.3) is 11.8 Å². The summed E-state index contributed by atoms with van der Waals surface area (Å²) in [7, 11) is 1.54. The van der Waals surface area contributed by atoms with Crippen LogP contribution in [-0.4, -0.2) is 38.8 Å². The predicted octanol–water partition coefficient (Wildman–Crippen LogP) is 4.84. The van der Waals surface area contributed by atoms with E-state index in [4.69, 9.17) is 21.1 Å².